The predicted molar refractivity (Wildman–Crippen MR) is 83.8 cm³/mol. The Morgan fingerprint density at radius 2 is 2.14 bits per heavy atom. The Labute approximate surface area is 127 Å². The standard InChI is InChI=1S/C16H15N3OS/c1-12-17-8-9-19(12)14-6-3-2-5-13(14)11-18-16(20)15-7-4-10-21-15/h2-10H,11H2,1H3,(H,18,20). The molecule has 0 radical (unpaired) electrons. The second kappa shape index (κ2) is 5.93. The van der Waals surface area contributed by atoms with Crippen molar-refractivity contribution in [3.8, 4) is 5.69 Å². The molecule has 0 aliphatic heterocycles. The summed E-state index contributed by atoms with van der Waals surface area (Å²) >= 11 is 1.44. The molecule has 0 spiro atoms. The molecule has 2 aromatic heterocycles. The molecule has 1 amide bonds. The molecule has 4 nitrogen and oxygen atoms in total. The molecule has 106 valence electrons. The van der Waals surface area contributed by atoms with Crippen molar-refractivity contribution in [2.45, 2.75) is 13.5 Å². The van der Waals surface area contributed by atoms with Gasteiger partial charge in [0.2, 0.25) is 0 Å². The van der Waals surface area contributed by atoms with Crippen LogP contribution in [0.3, 0.4) is 0 Å². The number of thiophene rings is 1. The van der Waals surface area contributed by atoms with E-state index in [4.69, 9.17) is 0 Å². The van der Waals surface area contributed by atoms with Crippen molar-refractivity contribution in [1.29, 1.82) is 0 Å². The molecule has 21 heavy (non-hydrogen) atoms. The number of amides is 1. The zero-order valence-electron chi connectivity index (χ0n) is 11.6. The highest BCUT2D eigenvalue weighted by Crippen LogP contribution is 2.16. The maximum absolute atomic E-state index is 12.0. The Bertz CT molecular complexity index is 746. The molecule has 0 aliphatic carbocycles. The summed E-state index contributed by atoms with van der Waals surface area (Å²) in [7, 11) is 0. The molecule has 0 unspecified atom stereocenters. The van der Waals surface area contributed by atoms with Crippen molar-refractivity contribution < 1.29 is 4.79 Å². The maximum Gasteiger partial charge on any atom is 0.261 e. The van der Waals surface area contributed by atoms with Crippen molar-refractivity contribution in [3.05, 3.63) is 70.4 Å². The summed E-state index contributed by atoms with van der Waals surface area (Å²) in [6.07, 6.45) is 3.70. The third-order valence-corrected chi connectivity index (χ3v) is 4.13. The van der Waals surface area contributed by atoms with Crippen molar-refractivity contribution in [2.24, 2.45) is 0 Å². The average Bonchev–Trinajstić information content (AvgIpc) is 3.16. The van der Waals surface area contributed by atoms with Crippen LogP contribution < -0.4 is 5.32 Å². The van der Waals surface area contributed by atoms with Crippen LogP contribution in [0.2, 0.25) is 0 Å². The van der Waals surface area contributed by atoms with E-state index >= 15 is 0 Å². The highest BCUT2D eigenvalue weighted by atomic mass is 32.1. The van der Waals surface area contributed by atoms with Gasteiger partial charge in [0, 0.05) is 18.9 Å². The summed E-state index contributed by atoms with van der Waals surface area (Å²) in [5.74, 6) is 0.884. The van der Waals surface area contributed by atoms with Gasteiger partial charge in [-0.1, -0.05) is 24.3 Å². The minimum Gasteiger partial charge on any atom is -0.347 e. The number of rotatable bonds is 4. The van der Waals surface area contributed by atoms with Gasteiger partial charge in [-0.25, -0.2) is 4.98 Å². The summed E-state index contributed by atoms with van der Waals surface area (Å²) in [5, 5.41) is 4.86. The Balaban J connectivity index is 1.80. The van der Waals surface area contributed by atoms with Crippen molar-refractivity contribution in [1.82, 2.24) is 14.9 Å². The maximum atomic E-state index is 12.0. The zero-order valence-corrected chi connectivity index (χ0v) is 12.4. The first kappa shape index (κ1) is 13.6. The molecule has 0 atom stereocenters. The summed E-state index contributed by atoms with van der Waals surface area (Å²) in [5.41, 5.74) is 2.10. The minimum atomic E-state index is -0.0397. The molecule has 0 aliphatic rings. The molecule has 1 aromatic carbocycles. The molecular weight excluding hydrogens is 282 g/mol. The Morgan fingerprint density at radius 1 is 1.29 bits per heavy atom. The van der Waals surface area contributed by atoms with E-state index in [0.717, 1.165) is 22.0 Å². The lowest BCUT2D eigenvalue weighted by atomic mass is 10.1. The number of carbonyl (C=O) groups is 1. The number of carbonyl (C=O) groups excluding carboxylic acids is 1. The number of nitrogens with one attached hydrogen (secondary N) is 1. The number of imidazole rings is 1. The number of aromatic nitrogens is 2. The Morgan fingerprint density at radius 3 is 2.86 bits per heavy atom. The fourth-order valence-corrected chi connectivity index (χ4v) is 2.84. The average molecular weight is 297 g/mol. The van der Waals surface area contributed by atoms with Gasteiger partial charge in [-0.3, -0.25) is 4.79 Å². The second-order valence-corrected chi connectivity index (χ2v) is 5.58. The van der Waals surface area contributed by atoms with Gasteiger partial charge < -0.3 is 9.88 Å². The van der Waals surface area contributed by atoms with E-state index in [0.29, 0.717) is 6.54 Å². The van der Waals surface area contributed by atoms with E-state index in [2.05, 4.69) is 10.3 Å². The number of para-hydroxylation sites is 1. The van der Waals surface area contributed by atoms with Gasteiger partial charge >= 0.3 is 0 Å². The number of hydrogen-bond donors (Lipinski definition) is 1. The van der Waals surface area contributed by atoms with Gasteiger partial charge in [-0.05, 0) is 30.0 Å². The van der Waals surface area contributed by atoms with Crippen LogP contribution in [0.4, 0.5) is 0 Å². The van der Waals surface area contributed by atoms with Gasteiger partial charge in [0.1, 0.15) is 5.82 Å². The zero-order chi connectivity index (χ0) is 14.7. The molecule has 0 fully saturated rings. The number of hydrogen-bond acceptors (Lipinski definition) is 3. The third-order valence-electron chi connectivity index (χ3n) is 3.26. The van der Waals surface area contributed by atoms with Crippen molar-refractivity contribution in [3.63, 3.8) is 0 Å². The fourth-order valence-electron chi connectivity index (χ4n) is 2.20. The predicted octanol–water partition coefficient (Wildman–Crippen LogP) is 3.17. The highest BCUT2D eigenvalue weighted by molar-refractivity contribution is 7.12. The topological polar surface area (TPSA) is 46.9 Å². The quantitative estimate of drug-likeness (QED) is 0.804. The molecule has 0 saturated heterocycles. The molecular formula is C16H15N3OS. The van der Waals surface area contributed by atoms with E-state index in [1.807, 2.05) is 59.5 Å². The van der Waals surface area contributed by atoms with Crippen LogP contribution in [0.15, 0.2) is 54.2 Å². The monoisotopic (exact) mass is 297 g/mol. The minimum absolute atomic E-state index is 0.0397. The number of nitrogens with zero attached hydrogens (tertiary/aromatic N) is 2. The first-order valence-corrected chi connectivity index (χ1v) is 7.53. The van der Waals surface area contributed by atoms with Gasteiger partial charge in [0.25, 0.3) is 5.91 Å². The van der Waals surface area contributed by atoms with Crippen molar-refractivity contribution in [2.75, 3.05) is 0 Å². The summed E-state index contributed by atoms with van der Waals surface area (Å²) in [4.78, 5) is 17.0. The molecule has 2 heterocycles. The lowest BCUT2D eigenvalue weighted by Crippen LogP contribution is -2.22. The molecule has 1 N–H and O–H groups in total. The molecule has 3 aromatic rings. The first-order valence-electron chi connectivity index (χ1n) is 6.65. The smallest absolute Gasteiger partial charge is 0.261 e. The van der Waals surface area contributed by atoms with E-state index in [-0.39, 0.29) is 5.91 Å². The van der Waals surface area contributed by atoms with Gasteiger partial charge in [0.05, 0.1) is 10.6 Å². The summed E-state index contributed by atoms with van der Waals surface area (Å²) in [6.45, 7) is 2.45. The van der Waals surface area contributed by atoms with Crippen LogP contribution in [-0.4, -0.2) is 15.5 Å². The van der Waals surface area contributed by atoms with E-state index in [1.54, 1.807) is 6.20 Å². The van der Waals surface area contributed by atoms with Gasteiger partial charge in [-0.15, -0.1) is 11.3 Å². The Kier molecular flexibility index (Phi) is 3.83. The van der Waals surface area contributed by atoms with Crippen LogP contribution >= 0.6 is 11.3 Å². The lowest BCUT2D eigenvalue weighted by Gasteiger charge is -2.12. The SMILES string of the molecule is Cc1nccn1-c1ccccc1CNC(=O)c1cccs1. The first-order chi connectivity index (χ1) is 10.3. The highest BCUT2D eigenvalue weighted by Gasteiger charge is 2.09. The molecule has 3 rings (SSSR count). The van der Waals surface area contributed by atoms with Gasteiger partial charge in [-0.2, -0.15) is 0 Å². The summed E-state index contributed by atoms with van der Waals surface area (Å²) in [6, 6.07) is 11.7. The molecule has 5 heteroatoms. The number of benzene rings is 1. The number of aryl methyl sites for hydroxylation is 1. The van der Waals surface area contributed by atoms with E-state index in [9.17, 15) is 4.79 Å². The van der Waals surface area contributed by atoms with Crippen molar-refractivity contribution >= 4 is 17.2 Å². The molecule has 0 saturated carbocycles. The van der Waals surface area contributed by atoms with Crippen LogP contribution in [0.1, 0.15) is 21.1 Å². The summed E-state index contributed by atoms with van der Waals surface area (Å²) < 4.78 is 2.02. The van der Waals surface area contributed by atoms with Crippen LogP contribution in [0.25, 0.3) is 5.69 Å². The van der Waals surface area contributed by atoms with E-state index < -0.39 is 0 Å². The van der Waals surface area contributed by atoms with E-state index in [1.165, 1.54) is 11.3 Å². The normalized spacial score (nSPS) is 10.5. The molecule has 0 bridgehead atoms. The van der Waals surface area contributed by atoms with Crippen LogP contribution in [-0.2, 0) is 6.54 Å². The third kappa shape index (κ3) is 2.87. The van der Waals surface area contributed by atoms with Gasteiger partial charge in [0.15, 0.2) is 0 Å². The van der Waals surface area contributed by atoms with Crippen LogP contribution in [0, 0.1) is 6.92 Å². The second-order valence-electron chi connectivity index (χ2n) is 4.63. The Hall–Kier alpha value is -2.40. The largest absolute Gasteiger partial charge is 0.347 e. The lowest BCUT2D eigenvalue weighted by molar-refractivity contribution is 0.0955. The fraction of sp³-hybridized carbons (Fsp3) is 0.125. The van der Waals surface area contributed by atoms with Crippen LogP contribution in [0.5, 0.6) is 0 Å².